The molecule has 0 bridgehead atoms. The number of amides is 1. The fourth-order valence-electron chi connectivity index (χ4n) is 4.65. The molecule has 0 saturated carbocycles. The summed E-state index contributed by atoms with van der Waals surface area (Å²) in [6, 6.07) is 15.4. The van der Waals surface area contributed by atoms with Gasteiger partial charge in [0.2, 0.25) is 0 Å². The number of carbonyl (C=O) groups is 1. The van der Waals surface area contributed by atoms with Crippen LogP contribution in [0.25, 0.3) is 0 Å². The molecule has 0 unspecified atom stereocenters. The normalized spacial score (nSPS) is 18.3. The van der Waals surface area contributed by atoms with Crippen LogP contribution in [0.4, 0.5) is 5.69 Å². The number of aliphatic hydroxyl groups is 1. The zero-order valence-electron chi connectivity index (χ0n) is 22.9. The Morgan fingerprint density at radius 1 is 1.07 bits per heavy atom. The van der Waals surface area contributed by atoms with Crippen LogP contribution in [-0.2, 0) is 16.6 Å². The van der Waals surface area contributed by atoms with Crippen LogP contribution in [0.3, 0.4) is 0 Å². The highest BCUT2D eigenvalue weighted by Crippen LogP contribution is 2.32. The molecule has 0 aromatic heterocycles. The summed E-state index contributed by atoms with van der Waals surface area (Å²) < 4.78 is 34.9. The molecule has 41 heavy (non-hydrogen) atoms. The van der Waals surface area contributed by atoms with E-state index in [9.17, 15) is 18.3 Å². The van der Waals surface area contributed by atoms with Gasteiger partial charge in [0.05, 0.1) is 33.2 Å². The van der Waals surface area contributed by atoms with Crippen molar-refractivity contribution in [2.75, 3.05) is 31.5 Å². The molecule has 0 saturated heterocycles. The zero-order valence-corrected chi connectivity index (χ0v) is 25.9. The predicted octanol–water partition coefficient (Wildman–Crippen LogP) is 5.80. The highest BCUT2D eigenvalue weighted by atomic mass is 35.5. The summed E-state index contributed by atoms with van der Waals surface area (Å²) in [7, 11) is -1.97. The van der Waals surface area contributed by atoms with Crippen molar-refractivity contribution < 1.29 is 23.1 Å². The number of nitrogens with zero attached hydrogens (tertiary/aromatic N) is 2. The second kappa shape index (κ2) is 13.2. The lowest BCUT2D eigenvalue weighted by Crippen LogP contribution is -2.49. The Bertz CT molecular complexity index is 1500. The van der Waals surface area contributed by atoms with Gasteiger partial charge in [-0.1, -0.05) is 47.8 Å². The fraction of sp³-hybridized carbons (Fsp3) is 0.345. The molecule has 1 heterocycles. The first-order valence-corrected chi connectivity index (χ1v) is 15.6. The molecule has 0 radical (unpaired) electrons. The Balaban J connectivity index is 1.62. The van der Waals surface area contributed by atoms with Gasteiger partial charge in [-0.3, -0.25) is 14.4 Å². The highest BCUT2D eigenvalue weighted by Gasteiger charge is 2.33. The smallest absolute Gasteiger partial charge is 0.261 e. The lowest BCUT2D eigenvalue weighted by molar-refractivity contribution is 0.0341. The second-order valence-corrected chi connectivity index (χ2v) is 13.3. The molecule has 0 fully saturated rings. The molecule has 1 amide bonds. The summed E-state index contributed by atoms with van der Waals surface area (Å²) in [4.78, 5) is 17.4. The maximum atomic E-state index is 13.7. The molecule has 8 nitrogen and oxygen atoms in total. The lowest BCUT2D eigenvalue weighted by atomic mass is 9.99. The van der Waals surface area contributed by atoms with Crippen molar-refractivity contribution in [1.29, 1.82) is 0 Å². The van der Waals surface area contributed by atoms with E-state index in [1.807, 2.05) is 26.1 Å². The highest BCUT2D eigenvalue weighted by molar-refractivity contribution is 7.92. The van der Waals surface area contributed by atoms with E-state index < -0.39 is 16.1 Å². The van der Waals surface area contributed by atoms with Crippen LogP contribution in [0.5, 0.6) is 5.75 Å². The molecule has 1 aliphatic rings. The summed E-state index contributed by atoms with van der Waals surface area (Å²) in [6.07, 6.45) is -0.320. The number of hydrogen-bond donors (Lipinski definition) is 2. The molecule has 3 atom stereocenters. The molecule has 2 N–H and O–H groups in total. The van der Waals surface area contributed by atoms with Crippen LogP contribution < -0.4 is 9.46 Å². The maximum absolute atomic E-state index is 13.7. The van der Waals surface area contributed by atoms with Crippen molar-refractivity contribution in [3.05, 3.63) is 86.9 Å². The lowest BCUT2D eigenvalue weighted by Gasteiger charge is -2.38. The van der Waals surface area contributed by atoms with Crippen molar-refractivity contribution in [1.82, 2.24) is 9.80 Å². The number of rotatable bonds is 9. The Labute approximate surface area is 255 Å². The first kappa shape index (κ1) is 31.4. The molecule has 3 aromatic carbocycles. The molecule has 220 valence electrons. The summed E-state index contributed by atoms with van der Waals surface area (Å²) in [5.41, 5.74) is 1.39. The summed E-state index contributed by atoms with van der Waals surface area (Å²) in [5, 5.41) is 11.3. The van der Waals surface area contributed by atoms with Crippen LogP contribution in [0.15, 0.2) is 65.6 Å². The molecular formula is C29H32Cl3N3O5S. The summed E-state index contributed by atoms with van der Waals surface area (Å²) in [5.74, 6) is -0.108. The van der Waals surface area contributed by atoms with E-state index in [4.69, 9.17) is 39.5 Å². The van der Waals surface area contributed by atoms with Crippen molar-refractivity contribution in [3.8, 4) is 5.75 Å². The van der Waals surface area contributed by atoms with Gasteiger partial charge in [-0.05, 0) is 74.1 Å². The minimum atomic E-state index is -3.93. The van der Waals surface area contributed by atoms with E-state index >= 15 is 0 Å². The molecule has 3 aromatic rings. The maximum Gasteiger partial charge on any atom is 0.261 e. The Morgan fingerprint density at radius 2 is 1.78 bits per heavy atom. The van der Waals surface area contributed by atoms with Gasteiger partial charge in [-0.15, -0.1) is 0 Å². The van der Waals surface area contributed by atoms with Gasteiger partial charge in [0, 0.05) is 36.3 Å². The predicted molar refractivity (Wildman–Crippen MR) is 163 cm³/mol. The van der Waals surface area contributed by atoms with Crippen molar-refractivity contribution in [2.24, 2.45) is 5.92 Å². The Hall–Kier alpha value is -2.53. The first-order valence-electron chi connectivity index (χ1n) is 13.0. The topological polar surface area (TPSA) is 99.2 Å². The van der Waals surface area contributed by atoms with Gasteiger partial charge in [0.15, 0.2) is 0 Å². The number of likely N-dealkylation sites (N-methyl/N-ethyl adjacent to an activating group) is 1. The van der Waals surface area contributed by atoms with Crippen LogP contribution in [0, 0.1) is 5.92 Å². The molecule has 4 rings (SSSR count). The first-order chi connectivity index (χ1) is 19.4. The third-order valence-electron chi connectivity index (χ3n) is 6.97. The number of carbonyl (C=O) groups excluding carboxylic acids is 1. The van der Waals surface area contributed by atoms with E-state index in [1.54, 1.807) is 30.0 Å². The van der Waals surface area contributed by atoms with Crippen LogP contribution in [-0.4, -0.2) is 68.1 Å². The van der Waals surface area contributed by atoms with Crippen molar-refractivity contribution in [3.63, 3.8) is 0 Å². The van der Waals surface area contributed by atoms with Gasteiger partial charge in [-0.25, -0.2) is 8.42 Å². The quantitative estimate of drug-likeness (QED) is 0.307. The van der Waals surface area contributed by atoms with Crippen molar-refractivity contribution >= 4 is 56.4 Å². The number of halogens is 3. The number of ether oxygens (including phenoxy) is 1. The van der Waals surface area contributed by atoms with E-state index in [0.29, 0.717) is 40.5 Å². The van der Waals surface area contributed by atoms with Gasteiger partial charge >= 0.3 is 0 Å². The van der Waals surface area contributed by atoms with Crippen molar-refractivity contribution in [2.45, 2.75) is 37.4 Å². The zero-order chi connectivity index (χ0) is 29.9. The number of fused-ring (bicyclic) bond motifs is 1. The summed E-state index contributed by atoms with van der Waals surface area (Å²) >= 11 is 18.2. The molecule has 12 heteroatoms. The fourth-order valence-corrected chi connectivity index (χ4v) is 6.15. The van der Waals surface area contributed by atoms with Gasteiger partial charge < -0.3 is 14.7 Å². The molecule has 1 aliphatic heterocycles. The van der Waals surface area contributed by atoms with E-state index in [0.717, 1.165) is 5.56 Å². The Kier molecular flexibility index (Phi) is 10.1. The van der Waals surface area contributed by atoms with Gasteiger partial charge in [0.1, 0.15) is 11.9 Å². The number of benzene rings is 3. The Morgan fingerprint density at radius 3 is 2.44 bits per heavy atom. The monoisotopic (exact) mass is 639 g/mol. The number of sulfonamides is 1. The minimum Gasteiger partial charge on any atom is -0.488 e. The largest absolute Gasteiger partial charge is 0.488 e. The van der Waals surface area contributed by atoms with E-state index in [2.05, 4.69) is 9.62 Å². The number of hydrogen-bond acceptors (Lipinski definition) is 6. The minimum absolute atomic E-state index is 0.0330. The van der Waals surface area contributed by atoms with Crippen LogP contribution in [0.2, 0.25) is 15.1 Å². The molecule has 0 aliphatic carbocycles. The van der Waals surface area contributed by atoms with Crippen LogP contribution >= 0.6 is 34.8 Å². The van der Waals surface area contributed by atoms with E-state index in [-0.39, 0.29) is 40.7 Å². The third-order valence-corrected chi connectivity index (χ3v) is 9.36. The number of nitrogens with one attached hydrogen (secondary N) is 1. The number of aliphatic hydroxyl groups excluding tert-OH is 1. The third kappa shape index (κ3) is 7.66. The SMILES string of the molecule is C[C@@H]1CN([C@@H](C)CO)C(=O)c2cc(NS(=O)(=O)c3ccc(Cl)cc3)ccc2O[C@H]1CN(C)Cc1ccc(Cl)c(Cl)c1. The summed E-state index contributed by atoms with van der Waals surface area (Å²) in [6.45, 7) is 5.01. The molecule has 0 spiro atoms. The van der Waals surface area contributed by atoms with E-state index in [1.165, 1.54) is 30.3 Å². The molecular weight excluding hydrogens is 609 g/mol. The number of anilines is 1. The van der Waals surface area contributed by atoms with Gasteiger partial charge in [0.25, 0.3) is 15.9 Å². The standard InChI is InChI=1S/C29H32Cl3N3O5S/c1-18-14-35(19(2)17-36)29(37)24-13-22(33-41(38,39)23-8-5-21(30)6-9-23)7-11-27(24)40-28(18)16-34(3)15-20-4-10-25(31)26(32)12-20/h4-13,18-19,28,33,36H,14-17H2,1-3H3/t18-,19+,28+/m1/s1. The average molecular weight is 641 g/mol. The average Bonchev–Trinajstić information content (AvgIpc) is 2.92. The van der Waals surface area contributed by atoms with Crippen LogP contribution in [0.1, 0.15) is 29.8 Å². The van der Waals surface area contributed by atoms with Gasteiger partial charge in [-0.2, -0.15) is 0 Å². The second-order valence-electron chi connectivity index (χ2n) is 10.3.